The van der Waals surface area contributed by atoms with E-state index in [9.17, 15) is 4.79 Å². The van der Waals surface area contributed by atoms with Gasteiger partial charge in [0.2, 0.25) is 0 Å². The molecule has 1 fully saturated rings. The zero-order valence-corrected chi connectivity index (χ0v) is 10.1. The molecule has 2 N–H and O–H groups in total. The number of nitrogens with zero attached hydrogens (tertiary/aromatic N) is 1. The van der Waals surface area contributed by atoms with Crippen molar-refractivity contribution < 1.29 is 9.53 Å². The molecule has 1 saturated heterocycles. The smallest absolute Gasteiger partial charge is 0.310 e. The number of hydrogen-bond donors (Lipinski definition) is 1. The summed E-state index contributed by atoms with van der Waals surface area (Å²) < 4.78 is 4.77. The summed E-state index contributed by atoms with van der Waals surface area (Å²) in [5, 5.41) is 0. The second-order valence-electron chi connectivity index (χ2n) is 4.57. The summed E-state index contributed by atoms with van der Waals surface area (Å²) in [5.41, 5.74) is 6.08. The fraction of sp³-hybridized carbons (Fsp3) is 0.909. The Balaban J connectivity index is 2.68. The van der Waals surface area contributed by atoms with Gasteiger partial charge in [-0.15, -0.1) is 0 Å². The Morgan fingerprint density at radius 1 is 1.53 bits per heavy atom. The number of piperidine rings is 1. The first-order valence-corrected chi connectivity index (χ1v) is 5.58. The maximum atomic E-state index is 11.5. The molecule has 0 spiro atoms. The number of carbonyl (C=O) groups is 1. The third-order valence-electron chi connectivity index (χ3n) is 3.41. The molecule has 1 heterocycles. The van der Waals surface area contributed by atoms with E-state index in [1.165, 1.54) is 7.11 Å². The largest absolute Gasteiger partial charge is 0.469 e. The van der Waals surface area contributed by atoms with Crippen LogP contribution >= 0.6 is 0 Å². The third kappa shape index (κ3) is 2.49. The molecule has 0 aromatic heterocycles. The summed E-state index contributed by atoms with van der Waals surface area (Å²) in [5.74, 6) is -0.308. The van der Waals surface area contributed by atoms with Crippen LogP contribution in [0.15, 0.2) is 0 Å². The predicted octanol–water partition coefficient (Wildman–Crippen LogP) is 0.605. The van der Waals surface area contributed by atoms with Gasteiger partial charge in [-0.2, -0.15) is 0 Å². The molecule has 15 heavy (non-hydrogen) atoms. The molecule has 0 aliphatic carbocycles. The lowest BCUT2D eigenvalue weighted by atomic mass is 9.86. The Labute approximate surface area is 91.8 Å². The number of nitrogens with two attached hydrogens (primary N) is 1. The Morgan fingerprint density at radius 3 is 2.60 bits per heavy atom. The Bertz CT molecular complexity index is 231. The quantitative estimate of drug-likeness (QED) is 0.684. The number of esters is 1. The first kappa shape index (κ1) is 12.5. The van der Waals surface area contributed by atoms with E-state index in [-0.39, 0.29) is 24.0 Å². The highest BCUT2D eigenvalue weighted by molar-refractivity contribution is 5.73. The zero-order chi connectivity index (χ0) is 11.6. The van der Waals surface area contributed by atoms with Crippen molar-refractivity contribution in [1.82, 2.24) is 4.90 Å². The highest BCUT2D eigenvalue weighted by Crippen LogP contribution is 2.24. The lowest BCUT2D eigenvalue weighted by Crippen LogP contribution is -2.58. The molecular formula is C11H22N2O2. The first-order valence-electron chi connectivity index (χ1n) is 5.58. The highest BCUT2D eigenvalue weighted by Gasteiger charge is 2.38. The standard InChI is InChI=1S/C11H22N2O2/c1-7(2)13-6-5-9(11(14)15-4)10(12)8(13)3/h7-10H,5-6,12H2,1-4H3. The van der Waals surface area contributed by atoms with Gasteiger partial charge in [-0.05, 0) is 33.7 Å². The summed E-state index contributed by atoms with van der Waals surface area (Å²) >= 11 is 0. The maximum absolute atomic E-state index is 11.5. The van der Waals surface area contributed by atoms with E-state index in [1.54, 1.807) is 0 Å². The van der Waals surface area contributed by atoms with E-state index in [0.717, 1.165) is 13.0 Å². The molecule has 1 aliphatic rings. The van der Waals surface area contributed by atoms with Gasteiger partial charge in [0, 0.05) is 18.1 Å². The van der Waals surface area contributed by atoms with Crippen molar-refractivity contribution in [2.45, 2.75) is 45.3 Å². The molecule has 0 saturated carbocycles. The van der Waals surface area contributed by atoms with Gasteiger partial charge < -0.3 is 10.5 Å². The molecule has 4 nitrogen and oxygen atoms in total. The number of methoxy groups -OCH3 is 1. The number of hydrogen-bond acceptors (Lipinski definition) is 4. The second-order valence-corrected chi connectivity index (χ2v) is 4.57. The van der Waals surface area contributed by atoms with Crippen LogP contribution in [0.1, 0.15) is 27.2 Å². The van der Waals surface area contributed by atoms with Crippen LogP contribution in [0.25, 0.3) is 0 Å². The van der Waals surface area contributed by atoms with Crippen molar-refractivity contribution in [2.75, 3.05) is 13.7 Å². The average Bonchev–Trinajstić information content (AvgIpc) is 2.20. The molecule has 0 aromatic rings. The van der Waals surface area contributed by atoms with Crippen molar-refractivity contribution >= 4 is 5.97 Å². The Kier molecular flexibility index (Phi) is 4.11. The molecule has 0 radical (unpaired) electrons. The molecule has 3 unspecified atom stereocenters. The third-order valence-corrected chi connectivity index (χ3v) is 3.41. The lowest BCUT2D eigenvalue weighted by Gasteiger charge is -2.43. The van der Waals surface area contributed by atoms with Gasteiger partial charge >= 0.3 is 5.97 Å². The van der Waals surface area contributed by atoms with Crippen molar-refractivity contribution in [3.05, 3.63) is 0 Å². The molecule has 1 aliphatic heterocycles. The Hall–Kier alpha value is -0.610. The summed E-state index contributed by atoms with van der Waals surface area (Å²) in [6.07, 6.45) is 0.802. The van der Waals surface area contributed by atoms with Crippen LogP contribution in [0.3, 0.4) is 0 Å². The van der Waals surface area contributed by atoms with E-state index >= 15 is 0 Å². The predicted molar refractivity (Wildman–Crippen MR) is 59.4 cm³/mol. The van der Waals surface area contributed by atoms with E-state index < -0.39 is 0 Å². The van der Waals surface area contributed by atoms with Crippen molar-refractivity contribution in [1.29, 1.82) is 0 Å². The molecule has 0 amide bonds. The number of likely N-dealkylation sites (tertiary alicyclic amines) is 1. The summed E-state index contributed by atoms with van der Waals surface area (Å²) in [6, 6.07) is 0.598. The van der Waals surface area contributed by atoms with Gasteiger partial charge in [0.15, 0.2) is 0 Å². The summed E-state index contributed by atoms with van der Waals surface area (Å²) in [7, 11) is 1.43. The SMILES string of the molecule is COC(=O)C1CCN(C(C)C)C(C)C1N. The molecule has 88 valence electrons. The van der Waals surface area contributed by atoms with Crippen molar-refractivity contribution in [3.63, 3.8) is 0 Å². The minimum absolute atomic E-state index is 0.117. The van der Waals surface area contributed by atoms with Gasteiger partial charge in [0.05, 0.1) is 13.0 Å². The fourth-order valence-electron chi connectivity index (χ4n) is 2.40. The van der Waals surface area contributed by atoms with Gasteiger partial charge in [-0.25, -0.2) is 0 Å². The minimum atomic E-state index is -0.169. The van der Waals surface area contributed by atoms with Crippen LogP contribution in [-0.4, -0.2) is 42.6 Å². The van der Waals surface area contributed by atoms with Gasteiger partial charge in [0.1, 0.15) is 0 Å². The van der Waals surface area contributed by atoms with Crippen LogP contribution in [0.4, 0.5) is 0 Å². The normalized spacial score (nSPS) is 33.1. The van der Waals surface area contributed by atoms with Gasteiger partial charge in [0.25, 0.3) is 0 Å². The van der Waals surface area contributed by atoms with Crippen LogP contribution in [0.2, 0.25) is 0 Å². The zero-order valence-electron chi connectivity index (χ0n) is 10.1. The number of ether oxygens (including phenoxy) is 1. The maximum Gasteiger partial charge on any atom is 0.310 e. The van der Waals surface area contributed by atoms with Gasteiger partial charge in [-0.1, -0.05) is 0 Å². The van der Waals surface area contributed by atoms with E-state index in [2.05, 4.69) is 25.7 Å². The summed E-state index contributed by atoms with van der Waals surface area (Å²) in [4.78, 5) is 13.8. The molecule has 0 aromatic carbocycles. The van der Waals surface area contributed by atoms with Crippen molar-refractivity contribution in [2.24, 2.45) is 11.7 Å². The number of carbonyl (C=O) groups excluding carboxylic acids is 1. The molecule has 0 bridgehead atoms. The van der Waals surface area contributed by atoms with E-state index in [4.69, 9.17) is 10.5 Å². The lowest BCUT2D eigenvalue weighted by molar-refractivity contribution is -0.148. The second kappa shape index (κ2) is 4.94. The molecule has 4 heteroatoms. The molecule has 1 rings (SSSR count). The van der Waals surface area contributed by atoms with Crippen LogP contribution in [0, 0.1) is 5.92 Å². The van der Waals surface area contributed by atoms with Crippen LogP contribution < -0.4 is 5.73 Å². The van der Waals surface area contributed by atoms with Crippen LogP contribution in [0.5, 0.6) is 0 Å². The van der Waals surface area contributed by atoms with Crippen molar-refractivity contribution in [3.8, 4) is 0 Å². The molecular weight excluding hydrogens is 192 g/mol. The number of rotatable bonds is 2. The molecule has 3 atom stereocenters. The van der Waals surface area contributed by atoms with Crippen LogP contribution in [-0.2, 0) is 9.53 Å². The summed E-state index contributed by atoms with van der Waals surface area (Å²) in [6.45, 7) is 7.31. The average molecular weight is 214 g/mol. The highest BCUT2D eigenvalue weighted by atomic mass is 16.5. The Morgan fingerprint density at radius 2 is 2.13 bits per heavy atom. The van der Waals surface area contributed by atoms with Gasteiger partial charge in [-0.3, -0.25) is 9.69 Å². The topological polar surface area (TPSA) is 55.6 Å². The minimum Gasteiger partial charge on any atom is -0.469 e. The monoisotopic (exact) mass is 214 g/mol. The van der Waals surface area contributed by atoms with E-state index in [0.29, 0.717) is 6.04 Å². The fourth-order valence-corrected chi connectivity index (χ4v) is 2.40. The van der Waals surface area contributed by atoms with E-state index in [1.807, 2.05) is 0 Å². The first-order chi connectivity index (χ1) is 6.99.